The quantitative estimate of drug-likeness (QED) is 0.585. The van der Waals surface area contributed by atoms with E-state index in [-0.39, 0.29) is 0 Å². The van der Waals surface area contributed by atoms with Gasteiger partial charge in [0.1, 0.15) is 0 Å². The molecule has 1 aliphatic rings. The average molecular weight is 410 g/mol. The van der Waals surface area contributed by atoms with E-state index >= 15 is 0 Å². The predicted octanol–water partition coefficient (Wildman–Crippen LogP) is 2.01. The van der Waals surface area contributed by atoms with Crippen molar-refractivity contribution in [3.63, 3.8) is 0 Å². The number of piperazine rings is 1. The lowest BCUT2D eigenvalue weighted by molar-refractivity contribution is 0.242. The van der Waals surface area contributed by atoms with Crippen molar-refractivity contribution in [2.45, 2.75) is 6.54 Å². The first-order valence-electron chi connectivity index (χ1n) is 9.84. The third-order valence-corrected chi connectivity index (χ3v) is 5.29. The zero-order valence-electron chi connectivity index (χ0n) is 17.5. The second-order valence-corrected chi connectivity index (χ2v) is 6.98. The Morgan fingerprint density at radius 1 is 0.833 bits per heavy atom. The minimum absolute atomic E-state index is 0.623. The first kappa shape index (κ1) is 20.0. The Balaban J connectivity index is 1.45. The van der Waals surface area contributed by atoms with Gasteiger partial charge in [-0.1, -0.05) is 29.4 Å². The molecule has 1 saturated heterocycles. The monoisotopic (exact) mass is 410 g/mol. The standard InChI is InChI=1S/C21H26N6O3/c1-28-18-10-9-16(19(29-2)20(18)30-3)15-25-11-13-26(14-12-25)21-22-23-24-27(21)17-7-5-4-6-8-17/h4-10H,11-15H2,1-3H3. The molecular formula is C21H26N6O3. The van der Waals surface area contributed by atoms with Crippen LogP contribution in [0, 0.1) is 0 Å². The zero-order chi connectivity index (χ0) is 20.9. The fraction of sp³-hybridized carbons (Fsp3) is 0.381. The van der Waals surface area contributed by atoms with E-state index in [0.717, 1.165) is 49.9 Å². The van der Waals surface area contributed by atoms with Crippen LogP contribution in [-0.4, -0.2) is 72.6 Å². The van der Waals surface area contributed by atoms with Crippen LogP contribution in [0.15, 0.2) is 42.5 Å². The van der Waals surface area contributed by atoms with Crippen molar-refractivity contribution in [2.75, 3.05) is 52.4 Å². The summed E-state index contributed by atoms with van der Waals surface area (Å²) in [6.45, 7) is 4.21. The summed E-state index contributed by atoms with van der Waals surface area (Å²) >= 11 is 0. The van der Waals surface area contributed by atoms with Crippen LogP contribution in [0.5, 0.6) is 17.2 Å². The highest BCUT2D eigenvalue weighted by atomic mass is 16.5. The molecule has 0 N–H and O–H groups in total. The highest BCUT2D eigenvalue weighted by Gasteiger charge is 2.24. The number of rotatable bonds is 7. The molecule has 0 unspecified atom stereocenters. The lowest BCUT2D eigenvalue weighted by atomic mass is 10.1. The molecule has 2 heterocycles. The van der Waals surface area contributed by atoms with Gasteiger partial charge in [0.2, 0.25) is 11.7 Å². The van der Waals surface area contributed by atoms with Gasteiger partial charge in [0.15, 0.2) is 11.5 Å². The van der Waals surface area contributed by atoms with E-state index in [4.69, 9.17) is 14.2 Å². The maximum Gasteiger partial charge on any atom is 0.250 e. The molecule has 0 bridgehead atoms. The zero-order valence-corrected chi connectivity index (χ0v) is 17.5. The molecule has 1 aromatic heterocycles. The molecule has 0 saturated carbocycles. The number of tetrazole rings is 1. The number of aromatic nitrogens is 4. The molecule has 0 radical (unpaired) electrons. The lowest BCUT2D eigenvalue weighted by Crippen LogP contribution is -2.46. The Labute approximate surface area is 175 Å². The Bertz CT molecular complexity index is 970. The minimum atomic E-state index is 0.623. The third-order valence-electron chi connectivity index (χ3n) is 5.29. The lowest BCUT2D eigenvalue weighted by Gasteiger charge is -2.35. The summed E-state index contributed by atoms with van der Waals surface area (Å²) in [5.41, 5.74) is 2.02. The molecule has 9 heteroatoms. The first-order chi connectivity index (χ1) is 14.7. The van der Waals surface area contributed by atoms with Crippen LogP contribution in [0.3, 0.4) is 0 Å². The van der Waals surface area contributed by atoms with Crippen LogP contribution in [0.4, 0.5) is 5.95 Å². The van der Waals surface area contributed by atoms with Gasteiger partial charge in [0.25, 0.3) is 0 Å². The smallest absolute Gasteiger partial charge is 0.250 e. The van der Waals surface area contributed by atoms with Crippen molar-refractivity contribution in [1.29, 1.82) is 0 Å². The molecule has 1 aliphatic heterocycles. The van der Waals surface area contributed by atoms with Crippen LogP contribution in [0.1, 0.15) is 5.56 Å². The SMILES string of the molecule is COc1ccc(CN2CCN(c3nnnn3-c3ccccc3)CC2)c(OC)c1OC. The van der Waals surface area contributed by atoms with Gasteiger partial charge in [-0.2, -0.15) is 4.68 Å². The number of hydrogen-bond acceptors (Lipinski definition) is 8. The molecule has 0 atom stereocenters. The van der Waals surface area contributed by atoms with Gasteiger partial charge in [0, 0.05) is 38.3 Å². The molecule has 1 fully saturated rings. The molecule has 0 aliphatic carbocycles. The number of ether oxygens (including phenoxy) is 3. The van der Waals surface area contributed by atoms with Gasteiger partial charge in [-0.25, -0.2) is 0 Å². The van der Waals surface area contributed by atoms with Gasteiger partial charge in [-0.15, -0.1) is 0 Å². The number of nitrogens with zero attached hydrogens (tertiary/aromatic N) is 6. The van der Waals surface area contributed by atoms with E-state index in [1.54, 1.807) is 26.0 Å². The van der Waals surface area contributed by atoms with Crippen LogP contribution >= 0.6 is 0 Å². The van der Waals surface area contributed by atoms with Crippen molar-refractivity contribution in [1.82, 2.24) is 25.1 Å². The predicted molar refractivity (Wildman–Crippen MR) is 113 cm³/mol. The summed E-state index contributed by atoms with van der Waals surface area (Å²) in [7, 11) is 4.90. The normalized spacial score (nSPS) is 14.6. The Morgan fingerprint density at radius 3 is 2.23 bits per heavy atom. The summed E-state index contributed by atoms with van der Waals surface area (Å²) in [5.74, 6) is 2.77. The van der Waals surface area contributed by atoms with Crippen LogP contribution in [0.25, 0.3) is 5.69 Å². The van der Waals surface area contributed by atoms with Crippen molar-refractivity contribution in [2.24, 2.45) is 0 Å². The average Bonchev–Trinajstić information content (AvgIpc) is 3.29. The van der Waals surface area contributed by atoms with E-state index in [9.17, 15) is 0 Å². The van der Waals surface area contributed by atoms with Gasteiger partial charge in [-0.05, 0) is 28.6 Å². The first-order valence-corrected chi connectivity index (χ1v) is 9.84. The molecule has 30 heavy (non-hydrogen) atoms. The molecule has 158 valence electrons. The van der Waals surface area contributed by atoms with Crippen molar-refractivity contribution in [3.05, 3.63) is 48.0 Å². The Hall–Kier alpha value is -3.33. The van der Waals surface area contributed by atoms with E-state index in [1.165, 1.54) is 0 Å². The highest BCUT2D eigenvalue weighted by Crippen LogP contribution is 2.40. The van der Waals surface area contributed by atoms with Crippen molar-refractivity contribution >= 4 is 5.95 Å². The molecule has 4 rings (SSSR count). The minimum Gasteiger partial charge on any atom is -0.493 e. The second-order valence-electron chi connectivity index (χ2n) is 6.98. The van der Waals surface area contributed by atoms with E-state index < -0.39 is 0 Å². The second kappa shape index (κ2) is 9.00. The summed E-state index contributed by atoms with van der Waals surface area (Å²) in [5, 5.41) is 12.3. The van der Waals surface area contributed by atoms with Crippen molar-refractivity contribution < 1.29 is 14.2 Å². The largest absolute Gasteiger partial charge is 0.493 e. The van der Waals surface area contributed by atoms with E-state index in [1.807, 2.05) is 42.5 Å². The van der Waals surface area contributed by atoms with Crippen molar-refractivity contribution in [3.8, 4) is 22.9 Å². The van der Waals surface area contributed by atoms with Gasteiger partial charge >= 0.3 is 0 Å². The highest BCUT2D eigenvalue weighted by molar-refractivity contribution is 5.55. The fourth-order valence-corrected chi connectivity index (χ4v) is 3.75. The molecule has 0 amide bonds. The Morgan fingerprint density at radius 2 is 1.57 bits per heavy atom. The maximum atomic E-state index is 5.62. The topological polar surface area (TPSA) is 77.8 Å². The third kappa shape index (κ3) is 3.88. The summed E-state index contributed by atoms with van der Waals surface area (Å²) in [6, 6.07) is 13.9. The molecular weight excluding hydrogens is 384 g/mol. The maximum absolute atomic E-state index is 5.62. The Kier molecular flexibility index (Phi) is 5.99. The fourth-order valence-electron chi connectivity index (χ4n) is 3.75. The summed E-state index contributed by atoms with van der Waals surface area (Å²) < 4.78 is 18.3. The van der Waals surface area contributed by atoms with Gasteiger partial charge in [-0.3, -0.25) is 4.90 Å². The molecule has 9 nitrogen and oxygen atoms in total. The summed E-state index contributed by atoms with van der Waals surface area (Å²) in [6.07, 6.45) is 0. The van der Waals surface area contributed by atoms with E-state index in [0.29, 0.717) is 17.2 Å². The molecule has 3 aromatic rings. The van der Waals surface area contributed by atoms with Gasteiger partial charge in [0.05, 0.1) is 27.0 Å². The van der Waals surface area contributed by atoms with E-state index in [2.05, 4.69) is 25.3 Å². The number of para-hydroxylation sites is 1. The molecule has 0 spiro atoms. The number of anilines is 1. The summed E-state index contributed by atoms with van der Waals surface area (Å²) in [4.78, 5) is 4.60. The molecule has 2 aromatic carbocycles. The number of methoxy groups -OCH3 is 3. The number of benzene rings is 2. The van der Waals surface area contributed by atoms with Crippen LogP contribution in [-0.2, 0) is 6.54 Å². The van der Waals surface area contributed by atoms with Gasteiger partial charge < -0.3 is 19.1 Å². The van der Waals surface area contributed by atoms with Crippen LogP contribution in [0.2, 0.25) is 0 Å². The van der Waals surface area contributed by atoms with Crippen LogP contribution < -0.4 is 19.1 Å². The number of hydrogen-bond donors (Lipinski definition) is 0.